The molecule has 0 spiro atoms. The highest BCUT2D eigenvalue weighted by molar-refractivity contribution is 5.76. The molecular formula is C62H109NO8. The molecule has 6 N–H and O–H groups in total. The molecular weight excluding hydrogens is 887 g/mol. The van der Waals surface area contributed by atoms with E-state index >= 15 is 0 Å². The monoisotopic (exact) mass is 996 g/mol. The van der Waals surface area contributed by atoms with Crippen LogP contribution in [0.2, 0.25) is 0 Å². The molecule has 7 unspecified atom stereocenters. The Labute approximate surface area is 435 Å². The largest absolute Gasteiger partial charge is 0.394 e. The van der Waals surface area contributed by atoms with Gasteiger partial charge in [-0.15, -0.1) is 0 Å². The van der Waals surface area contributed by atoms with Gasteiger partial charge in [-0.1, -0.05) is 240 Å². The van der Waals surface area contributed by atoms with Crippen molar-refractivity contribution in [2.24, 2.45) is 0 Å². The first-order valence-corrected chi connectivity index (χ1v) is 29.3. The van der Waals surface area contributed by atoms with E-state index in [0.717, 1.165) is 77.0 Å². The van der Waals surface area contributed by atoms with Crippen LogP contribution >= 0.6 is 0 Å². The van der Waals surface area contributed by atoms with Crippen LogP contribution in [0.1, 0.15) is 245 Å². The molecule has 0 aromatic heterocycles. The van der Waals surface area contributed by atoms with Gasteiger partial charge in [0.05, 0.1) is 25.4 Å². The number of nitrogens with one attached hydrogen (secondary N) is 1. The van der Waals surface area contributed by atoms with Crippen molar-refractivity contribution in [1.29, 1.82) is 0 Å². The standard InChI is InChI=1S/C62H109NO8/c1-3-5-7-9-11-13-15-17-19-21-22-23-24-25-26-27-28-29-30-31-32-33-34-36-38-40-42-44-46-48-50-52-58(66)63-55(54-70-62-61(69)60(68)59(67)57(53-64)71-62)56(65)51-49-47-45-43-41-39-37-35-20-18-16-14-12-10-8-6-4-2/h5,7,11,13,17,19-20,22-23,35,41,43,49,51,55-57,59-62,64-65,67-69H,3-4,6,8-10,12,14-16,18,21,24-34,36-40,42,44-48,50,52-54H2,1-2H3,(H,63,66)/b7-5-,13-11-,19-17-,23-22-,35-20+,43-41+,51-49+. The molecule has 1 saturated heterocycles. The third kappa shape index (κ3) is 40.4. The zero-order chi connectivity index (χ0) is 51.5. The number of hydrogen-bond donors (Lipinski definition) is 6. The zero-order valence-corrected chi connectivity index (χ0v) is 45.5. The number of allylic oxidation sites excluding steroid dienone is 13. The van der Waals surface area contributed by atoms with E-state index in [9.17, 15) is 30.3 Å². The summed E-state index contributed by atoms with van der Waals surface area (Å²) in [5.74, 6) is -0.191. The van der Waals surface area contributed by atoms with Gasteiger partial charge in [0.1, 0.15) is 24.4 Å². The van der Waals surface area contributed by atoms with E-state index in [1.807, 2.05) is 6.08 Å². The predicted octanol–water partition coefficient (Wildman–Crippen LogP) is 14.6. The Morgan fingerprint density at radius 2 is 0.887 bits per heavy atom. The summed E-state index contributed by atoms with van der Waals surface area (Å²) in [4.78, 5) is 13.1. The molecule has 9 heteroatoms. The van der Waals surface area contributed by atoms with Crippen molar-refractivity contribution in [3.63, 3.8) is 0 Å². The number of aliphatic hydroxyl groups excluding tert-OH is 5. The van der Waals surface area contributed by atoms with Crippen molar-refractivity contribution < 1.29 is 39.8 Å². The summed E-state index contributed by atoms with van der Waals surface area (Å²) in [5, 5.41) is 54.5. The molecule has 71 heavy (non-hydrogen) atoms. The average Bonchev–Trinajstić information content (AvgIpc) is 3.37. The van der Waals surface area contributed by atoms with Crippen molar-refractivity contribution >= 4 is 5.91 Å². The van der Waals surface area contributed by atoms with Crippen molar-refractivity contribution in [3.8, 4) is 0 Å². The summed E-state index contributed by atoms with van der Waals surface area (Å²) >= 11 is 0. The third-order valence-corrected chi connectivity index (χ3v) is 13.4. The Morgan fingerprint density at radius 1 is 0.493 bits per heavy atom. The van der Waals surface area contributed by atoms with E-state index < -0.39 is 49.5 Å². The molecule has 1 heterocycles. The van der Waals surface area contributed by atoms with Crippen molar-refractivity contribution in [2.45, 2.75) is 288 Å². The van der Waals surface area contributed by atoms with Crippen LogP contribution in [0.5, 0.6) is 0 Å². The van der Waals surface area contributed by atoms with Crippen LogP contribution in [0.3, 0.4) is 0 Å². The van der Waals surface area contributed by atoms with Crippen molar-refractivity contribution in [2.75, 3.05) is 13.2 Å². The molecule has 0 bridgehead atoms. The SMILES string of the molecule is CC/C=C\C/C=C\C/C=C\C/C=C\CCCCCCCCCCCCCCCCCCCCC(=O)NC(COC1OC(CO)C(O)C(O)C1O)C(O)/C=C/CC/C=C/CC/C=C/CCCCCCCCC. The van der Waals surface area contributed by atoms with E-state index in [-0.39, 0.29) is 12.5 Å². The van der Waals surface area contributed by atoms with Crippen LogP contribution in [-0.4, -0.2) is 87.5 Å². The van der Waals surface area contributed by atoms with Gasteiger partial charge in [-0.3, -0.25) is 4.79 Å². The van der Waals surface area contributed by atoms with E-state index in [2.05, 4.69) is 92.1 Å². The summed E-state index contributed by atoms with van der Waals surface area (Å²) in [6.45, 7) is 3.64. The topological polar surface area (TPSA) is 149 Å². The third-order valence-electron chi connectivity index (χ3n) is 13.4. The summed E-state index contributed by atoms with van der Waals surface area (Å²) in [5.41, 5.74) is 0. The lowest BCUT2D eigenvalue weighted by molar-refractivity contribution is -0.302. The fourth-order valence-corrected chi connectivity index (χ4v) is 8.83. The van der Waals surface area contributed by atoms with Crippen LogP contribution < -0.4 is 5.32 Å². The molecule has 1 aliphatic rings. The Balaban J connectivity index is 2.19. The molecule has 1 rings (SSSR count). The van der Waals surface area contributed by atoms with E-state index in [0.29, 0.717) is 6.42 Å². The maximum absolute atomic E-state index is 13.1. The number of carbonyl (C=O) groups excluding carboxylic acids is 1. The maximum Gasteiger partial charge on any atom is 0.220 e. The fourth-order valence-electron chi connectivity index (χ4n) is 8.83. The summed E-state index contributed by atoms with van der Waals surface area (Å²) in [6.07, 6.45) is 65.1. The van der Waals surface area contributed by atoms with Gasteiger partial charge in [0, 0.05) is 6.42 Å². The lowest BCUT2D eigenvalue weighted by Crippen LogP contribution is -2.60. The Morgan fingerprint density at radius 3 is 1.35 bits per heavy atom. The molecule has 410 valence electrons. The first-order valence-electron chi connectivity index (χ1n) is 29.3. The first-order chi connectivity index (χ1) is 34.8. The number of unbranched alkanes of at least 4 members (excludes halogenated alkanes) is 27. The second-order valence-corrected chi connectivity index (χ2v) is 20.0. The predicted molar refractivity (Wildman–Crippen MR) is 299 cm³/mol. The minimum absolute atomic E-state index is 0.191. The van der Waals surface area contributed by atoms with Gasteiger partial charge in [0.2, 0.25) is 5.91 Å². The van der Waals surface area contributed by atoms with Gasteiger partial charge in [0.25, 0.3) is 0 Å². The molecule has 0 saturated carbocycles. The normalized spacial score (nSPS) is 19.9. The molecule has 0 aromatic rings. The zero-order valence-electron chi connectivity index (χ0n) is 45.5. The summed E-state index contributed by atoms with van der Waals surface area (Å²) in [7, 11) is 0. The quantitative estimate of drug-likeness (QED) is 0.0261. The highest BCUT2D eigenvalue weighted by Crippen LogP contribution is 2.23. The maximum atomic E-state index is 13.1. The first kappa shape index (κ1) is 66.4. The molecule has 9 nitrogen and oxygen atoms in total. The van der Waals surface area contributed by atoms with Gasteiger partial charge < -0.3 is 40.3 Å². The highest BCUT2D eigenvalue weighted by Gasteiger charge is 2.44. The van der Waals surface area contributed by atoms with Crippen molar-refractivity contribution in [3.05, 3.63) is 85.1 Å². The van der Waals surface area contributed by atoms with Crippen LogP contribution in [0, 0.1) is 0 Å². The van der Waals surface area contributed by atoms with Gasteiger partial charge in [-0.2, -0.15) is 0 Å². The summed E-state index contributed by atoms with van der Waals surface area (Å²) in [6, 6.07) is -0.831. The van der Waals surface area contributed by atoms with Crippen LogP contribution in [0.25, 0.3) is 0 Å². The van der Waals surface area contributed by atoms with Gasteiger partial charge in [-0.25, -0.2) is 0 Å². The van der Waals surface area contributed by atoms with Crippen LogP contribution in [0.15, 0.2) is 85.1 Å². The average molecular weight is 997 g/mol. The molecule has 1 fully saturated rings. The number of hydrogen-bond acceptors (Lipinski definition) is 8. The van der Waals surface area contributed by atoms with Crippen molar-refractivity contribution in [1.82, 2.24) is 5.32 Å². The minimum Gasteiger partial charge on any atom is -0.394 e. The second kappa shape index (κ2) is 50.9. The fraction of sp³-hybridized carbons (Fsp3) is 0.758. The number of aliphatic hydroxyl groups is 5. The molecule has 0 aliphatic carbocycles. The number of ether oxygens (including phenoxy) is 2. The van der Waals surface area contributed by atoms with Gasteiger partial charge in [-0.05, 0) is 83.5 Å². The van der Waals surface area contributed by atoms with E-state index in [4.69, 9.17) is 9.47 Å². The number of amides is 1. The molecule has 0 aromatic carbocycles. The molecule has 0 radical (unpaired) electrons. The minimum atomic E-state index is -1.58. The highest BCUT2D eigenvalue weighted by atomic mass is 16.7. The van der Waals surface area contributed by atoms with Crippen LogP contribution in [-0.2, 0) is 14.3 Å². The Hall–Kier alpha value is -2.63. The second-order valence-electron chi connectivity index (χ2n) is 20.0. The van der Waals surface area contributed by atoms with E-state index in [1.54, 1.807) is 6.08 Å². The Bertz CT molecular complexity index is 1390. The van der Waals surface area contributed by atoms with Gasteiger partial charge >= 0.3 is 0 Å². The summed E-state index contributed by atoms with van der Waals surface area (Å²) < 4.78 is 11.2. The van der Waals surface area contributed by atoms with E-state index in [1.165, 1.54) is 148 Å². The van der Waals surface area contributed by atoms with Gasteiger partial charge in [0.15, 0.2) is 6.29 Å². The number of rotatable bonds is 49. The lowest BCUT2D eigenvalue weighted by atomic mass is 9.99. The Kier molecular flexibility index (Phi) is 47.6. The smallest absolute Gasteiger partial charge is 0.220 e. The molecule has 1 aliphatic heterocycles. The lowest BCUT2D eigenvalue weighted by Gasteiger charge is -2.40. The van der Waals surface area contributed by atoms with Crippen LogP contribution in [0.4, 0.5) is 0 Å². The molecule has 1 amide bonds. The number of carbonyl (C=O) groups is 1. The molecule has 7 atom stereocenters.